The number of benzene rings is 2. The summed E-state index contributed by atoms with van der Waals surface area (Å²) in [4.78, 5) is 27.4. The van der Waals surface area contributed by atoms with Crippen molar-refractivity contribution in [2.45, 2.75) is 6.18 Å². The van der Waals surface area contributed by atoms with Crippen LogP contribution in [0.3, 0.4) is 0 Å². The maximum absolute atomic E-state index is 13.7. The van der Waals surface area contributed by atoms with Crippen molar-refractivity contribution in [1.82, 2.24) is 4.98 Å². The summed E-state index contributed by atoms with van der Waals surface area (Å²) in [6.45, 7) is 0. The van der Waals surface area contributed by atoms with Gasteiger partial charge in [-0.05, 0) is 29.8 Å². The lowest BCUT2D eigenvalue weighted by Crippen LogP contribution is -2.19. The lowest BCUT2D eigenvalue weighted by Gasteiger charge is -2.14. The number of anilines is 1. The zero-order valence-corrected chi connectivity index (χ0v) is 14.8. The second-order valence-electron chi connectivity index (χ2n) is 6.08. The van der Waals surface area contributed by atoms with Crippen molar-refractivity contribution in [1.29, 1.82) is 5.41 Å². The standard InChI is InChI=1S/C20H15F3N4O2/c21-20(22,23)15-7-11(12(9-24)10-25)6-14-17(28)8-16(27-18(14)15)19(29)26-13-4-2-1-3-5-13/h1-10,24H,25H2,(H,26,29)(H,27,28)/b12-10+,24-9?. The summed E-state index contributed by atoms with van der Waals surface area (Å²) in [6, 6.07) is 11.2. The van der Waals surface area contributed by atoms with Gasteiger partial charge in [-0.15, -0.1) is 0 Å². The number of pyridine rings is 1. The van der Waals surface area contributed by atoms with E-state index < -0.39 is 28.6 Å². The molecule has 3 rings (SSSR count). The smallest absolute Gasteiger partial charge is 0.404 e. The molecule has 0 fully saturated rings. The summed E-state index contributed by atoms with van der Waals surface area (Å²) in [5, 5.41) is 9.53. The molecule has 148 valence electrons. The molecular formula is C20H15F3N4O2. The first-order chi connectivity index (χ1) is 13.7. The molecule has 1 heterocycles. The maximum Gasteiger partial charge on any atom is 0.418 e. The Kier molecular flexibility index (Phi) is 5.22. The van der Waals surface area contributed by atoms with Gasteiger partial charge < -0.3 is 21.4 Å². The molecule has 0 radical (unpaired) electrons. The summed E-state index contributed by atoms with van der Waals surface area (Å²) in [5.41, 5.74) is 3.02. The number of allylic oxidation sites excluding steroid dienone is 1. The molecule has 0 aliphatic heterocycles. The molecule has 0 aliphatic rings. The molecule has 2 aromatic carbocycles. The van der Waals surface area contributed by atoms with Crippen LogP contribution in [0.15, 0.2) is 59.5 Å². The number of hydrogen-bond donors (Lipinski definition) is 4. The normalized spacial score (nSPS) is 12.0. The molecule has 5 N–H and O–H groups in total. The van der Waals surface area contributed by atoms with Crippen LogP contribution in [0.1, 0.15) is 21.6 Å². The van der Waals surface area contributed by atoms with Crippen molar-refractivity contribution < 1.29 is 18.0 Å². The van der Waals surface area contributed by atoms with Crippen LogP contribution >= 0.6 is 0 Å². The number of halogens is 3. The summed E-state index contributed by atoms with van der Waals surface area (Å²) < 4.78 is 41.0. The van der Waals surface area contributed by atoms with Crippen molar-refractivity contribution >= 4 is 34.3 Å². The average molecular weight is 400 g/mol. The topological polar surface area (TPSA) is 112 Å². The number of nitrogens with one attached hydrogen (secondary N) is 3. The van der Waals surface area contributed by atoms with Crippen LogP contribution in [0.2, 0.25) is 0 Å². The molecule has 0 unspecified atom stereocenters. The number of amides is 1. The molecule has 1 aromatic heterocycles. The molecule has 6 nitrogen and oxygen atoms in total. The molecule has 29 heavy (non-hydrogen) atoms. The van der Waals surface area contributed by atoms with Crippen molar-refractivity contribution in [3.05, 3.63) is 81.8 Å². The van der Waals surface area contributed by atoms with Gasteiger partial charge in [-0.2, -0.15) is 13.2 Å². The monoisotopic (exact) mass is 400 g/mol. The number of para-hydroxylation sites is 1. The number of rotatable bonds is 4. The Bertz CT molecular complexity index is 1180. The first-order valence-corrected chi connectivity index (χ1v) is 8.32. The summed E-state index contributed by atoms with van der Waals surface area (Å²) in [5.74, 6) is -0.755. The number of nitrogens with two attached hydrogens (primary N) is 1. The number of H-pyrrole nitrogens is 1. The largest absolute Gasteiger partial charge is 0.418 e. The zero-order valence-electron chi connectivity index (χ0n) is 14.8. The molecule has 9 heteroatoms. The van der Waals surface area contributed by atoms with Crippen LogP contribution in [0.5, 0.6) is 0 Å². The third-order valence-corrected chi connectivity index (χ3v) is 4.19. The number of aromatic nitrogens is 1. The van der Waals surface area contributed by atoms with E-state index in [0.29, 0.717) is 5.69 Å². The van der Waals surface area contributed by atoms with Gasteiger partial charge in [0.05, 0.1) is 11.1 Å². The fourth-order valence-corrected chi connectivity index (χ4v) is 2.81. The molecule has 0 spiro atoms. The highest BCUT2D eigenvalue weighted by Gasteiger charge is 2.34. The van der Waals surface area contributed by atoms with E-state index in [0.717, 1.165) is 24.5 Å². The highest BCUT2D eigenvalue weighted by Crippen LogP contribution is 2.35. The van der Waals surface area contributed by atoms with Crippen LogP contribution in [0.4, 0.5) is 18.9 Å². The summed E-state index contributed by atoms with van der Waals surface area (Å²) >= 11 is 0. The van der Waals surface area contributed by atoms with Gasteiger partial charge >= 0.3 is 6.18 Å². The maximum atomic E-state index is 13.7. The predicted octanol–water partition coefficient (Wildman–Crippen LogP) is 3.75. The second kappa shape index (κ2) is 7.63. The van der Waals surface area contributed by atoms with Crippen LogP contribution in [-0.2, 0) is 6.18 Å². The molecule has 0 bridgehead atoms. The second-order valence-corrected chi connectivity index (χ2v) is 6.08. The number of fused-ring (bicyclic) bond motifs is 1. The van der Waals surface area contributed by atoms with Gasteiger partial charge in [-0.3, -0.25) is 9.59 Å². The van der Waals surface area contributed by atoms with E-state index >= 15 is 0 Å². The molecule has 3 aromatic rings. The SMILES string of the molecule is N=C/C(=C\N)c1cc(C(F)(F)F)c2[nH]c(C(=O)Nc3ccccc3)cc(=O)c2c1. The van der Waals surface area contributed by atoms with E-state index in [1.54, 1.807) is 30.3 Å². The van der Waals surface area contributed by atoms with E-state index in [4.69, 9.17) is 11.1 Å². The van der Waals surface area contributed by atoms with Gasteiger partial charge in [0.25, 0.3) is 5.91 Å². The van der Waals surface area contributed by atoms with Crippen LogP contribution < -0.4 is 16.5 Å². The zero-order chi connectivity index (χ0) is 21.2. The Morgan fingerprint density at radius 2 is 1.83 bits per heavy atom. The lowest BCUT2D eigenvalue weighted by molar-refractivity contribution is -0.136. The van der Waals surface area contributed by atoms with Gasteiger partial charge in [0.1, 0.15) is 5.69 Å². The van der Waals surface area contributed by atoms with Crippen LogP contribution in [0.25, 0.3) is 16.5 Å². The van der Waals surface area contributed by atoms with Crippen molar-refractivity contribution in [3.63, 3.8) is 0 Å². The van der Waals surface area contributed by atoms with Gasteiger partial charge in [0, 0.05) is 35.1 Å². The highest BCUT2D eigenvalue weighted by atomic mass is 19.4. The number of alkyl halides is 3. The Morgan fingerprint density at radius 3 is 2.41 bits per heavy atom. The van der Waals surface area contributed by atoms with E-state index in [-0.39, 0.29) is 22.2 Å². The van der Waals surface area contributed by atoms with Crippen LogP contribution in [-0.4, -0.2) is 17.1 Å². The Labute approximate surface area is 162 Å². The quantitative estimate of drug-likeness (QED) is 0.501. The Morgan fingerprint density at radius 1 is 1.14 bits per heavy atom. The number of carbonyl (C=O) groups is 1. The average Bonchev–Trinajstić information content (AvgIpc) is 2.68. The molecule has 1 amide bonds. The van der Waals surface area contributed by atoms with Crippen molar-refractivity contribution in [2.75, 3.05) is 5.32 Å². The fourth-order valence-electron chi connectivity index (χ4n) is 2.81. The summed E-state index contributed by atoms with van der Waals surface area (Å²) in [6.07, 6.45) is -3.05. The van der Waals surface area contributed by atoms with Crippen molar-refractivity contribution in [2.24, 2.45) is 5.73 Å². The Balaban J connectivity index is 2.20. The Hall–Kier alpha value is -3.88. The minimum Gasteiger partial charge on any atom is -0.404 e. The van der Waals surface area contributed by atoms with Gasteiger partial charge in [0.2, 0.25) is 0 Å². The van der Waals surface area contributed by atoms with E-state index in [1.165, 1.54) is 6.07 Å². The third-order valence-electron chi connectivity index (χ3n) is 4.19. The molecule has 0 aliphatic carbocycles. The third kappa shape index (κ3) is 4.03. The van der Waals surface area contributed by atoms with E-state index in [2.05, 4.69) is 10.3 Å². The predicted molar refractivity (Wildman–Crippen MR) is 105 cm³/mol. The van der Waals surface area contributed by atoms with Crippen molar-refractivity contribution in [3.8, 4) is 0 Å². The fraction of sp³-hybridized carbons (Fsp3) is 0.0500. The van der Waals surface area contributed by atoms with E-state index in [1.807, 2.05) is 0 Å². The highest BCUT2D eigenvalue weighted by molar-refractivity contribution is 6.10. The number of aromatic amines is 1. The molecule has 0 saturated heterocycles. The number of hydrogen-bond acceptors (Lipinski definition) is 4. The van der Waals surface area contributed by atoms with Crippen LogP contribution in [0, 0.1) is 5.41 Å². The van der Waals surface area contributed by atoms with Gasteiger partial charge in [-0.25, -0.2) is 0 Å². The van der Waals surface area contributed by atoms with Gasteiger partial charge in [0.15, 0.2) is 5.43 Å². The van der Waals surface area contributed by atoms with E-state index in [9.17, 15) is 22.8 Å². The molecular weight excluding hydrogens is 385 g/mol. The lowest BCUT2D eigenvalue weighted by atomic mass is 9.99. The number of carbonyl (C=O) groups excluding carboxylic acids is 1. The molecule has 0 atom stereocenters. The van der Waals surface area contributed by atoms with Gasteiger partial charge in [-0.1, -0.05) is 18.2 Å². The first-order valence-electron chi connectivity index (χ1n) is 8.32. The first kappa shape index (κ1) is 19.9. The minimum atomic E-state index is -4.81. The summed E-state index contributed by atoms with van der Waals surface area (Å²) in [7, 11) is 0. The minimum absolute atomic E-state index is 0.0164. The molecule has 0 saturated carbocycles.